The van der Waals surface area contributed by atoms with E-state index in [9.17, 15) is 4.79 Å². The molecule has 1 saturated heterocycles. The fraction of sp³-hybridized carbons (Fsp3) is 0.500. The standard InChI is InChI=1S/C12H17N3O2/c1-17-12(16)9-3-5-15(7-9)8-11-6-10(13)2-4-14-11/h2,4,6,9H,3,5,7-8H2,1H3,(H2,13,14). The van der Waals surface area contributed by atoms with Crippen LogP contribution in [0.2, 0.25) is 0 Å². The van der Waals surface area contributed by atoms with E-state index < -0.39 is 0 Å². The van der Waals surface area contributed by atoms with Crippen molar-refractivity contribution in [1.29, 1.82) is 0 Å². The summed E-state index contributed by atoms with van der Waals surface area (Å²) < 4.78 is 4.75. The normalized spacial score (nSPS) is 20.4. The topological polar surface area (TPSA) is 68.5 Å². The zero-order valence-corrected chi connectivity index (χ0v) is 9.93. The van der Waals surface area contributed by atoms with E-state index in [-0.39, 0.29) is 11.9 Å². The summed E-state index contributed by atoms with van der Waals surface area (Å²) >= 11 is 0. The molecular weight excluding hydrogens is 218 g/mol. The fourth-order valence-electron chi connectivity index (χ4n) is 2.15. The van der Waals surface area contributed by atoms with Crippen molar-refractivity contribution in [3.63, 3.8) is 0 Å². The van der Waals surface area contributed by atoms with Crippen LogP contribution in [-0.4, -0.2) is 36.1 Å². The molecule has 0 saturated carbocycles. The average molecular weight is 235 g/mol. The lowest BCUT2D eigenvalue weighted by Gasteiger charge is -2.14. The minimum absolute atomic E-state index is 0.000981. The van der Waals surface area contributed by atoms with Crippen molar-refractivity contribution >= 4 is 11.7 Å². The molecule has 1 atom stereocenters. The van der Waals surface area contributed by atoms with Gasteiger partial charge in [-0.1, -0.05) is 0 Å². The van der Waals surface area contributed by atoms with E-state index in [0.29, 0.717) is 0 Å². The number of esters is 1. The summed E-state index contributed by atoms with van der Waals surface area (Å²) in [4.78, 5) is 17.8. The molecule has 0 bridgehead atoms. The van der Waals surface area contributed by atoms with Crippen LogP contribution in [-0.2, 0) is 16.1 Å². The van der Waals surface area contributed by atoms with E-state index in [4.69, 9.17) is 10.5 Å². The molecule has 0 amide bonds. The molecule has 2 rings (SSSR count). The zero-order valence-electron chi connectivity index (χ0n) is 9.93. The number of methoxy groups -OCH3 is 1. The molecule has 1 aliphatic heterocycles. The van der Waals surface area contributed by atoms with Gasteiger partial charge in [0.15, 0.2) is 0 Å². The number of carbonyl (C=O) groups is 1. The number of ether oxygens (including phenoxy) is 1. The Balaban J connectivity index is 1.92. The Labute approximate surface area is 101 Å². The van der Waals surface area contributed by atoms with E-state index in [2.05, 4.69) is 9.88 Å². The lowest BCUT2D eigenvalue weighted by molar-refractivity contribution is -0.144. The third kappa shape index (κ3) is 2.94. The molecule has 0 aliphatic carbocycles. The number of anilines is 1. The van der Waals surface area contributed by atoms with Crippen molar-refractivity contribution in [3.05, 3.63) is 24.0 Å². The van der Waals surface area contributed by atoms with Gasteiger partial charge in [0, 0.05) is 25.0 Å². The van der Waals surface area contributed by atoms with Gasteiger partial charge in [0.2, 0.25) is 0 Å². The SMILES string of the molecule is COC(=O)C1CCN(Cc2cc(N)ccn2)C1. The molecule has 1 aliphatic rings. The molecule has 2 heterocycles. The van der Waals surface area contributed by atoms with Gasteiger partial charge in [0.05, 0.1) is 18.7 Å². The van der Waals surface area contributed by atoms with Crippen LogP contribution < -0.4 is 5.73 Å². The van der Waals surface area contributed by atoms with Crippen LogP contribution in [0.15, 0.2) is 18.3 Å². The first-order valence-corrected chi connectivity index (χ1v) is 5.69. The summed E-state index contributed by atoms with van der Waals surface area (Å²) in [5, 5.41) is 0. The zero-order chi connectivity index (χ0) is 12.3. The number of rotatable bonds is 3. The molecule has 17 heavy (non-hydrogen) atoms. The summed E-state index contributed by atoms with van der Waals surface area (Å²) in [5.74, 6) is -0.117. The van der Waals surface area contributed by atoms with Gasteiger partial charge in [0.1, 0.15) is 0 Å². The molecule has 0 radical (unpaired) electrons. The first-order chi connectivity index (χ1) is 8.19. The second kappa shape index (κ2) is 5.14. The van der Waals surface area contributed by atoms with Crippen LogP contribution in [0.25, 0.3) is 0 Å². The lowest BCUT2D eigenvalue weighted by Crippen LogP contribution is -2.24. The highest BCUT2D eigenvalue weighted by Gasteiger charge is 2.28. The van der Waals surface area contributed by atoms with E-state index in [1.807, 2.05) is 6.07 Å². The van der Waals surface area contributed by atoms with Crippen LogP contribution in [0.3, 0.4) is 0 Å². The second-order valence-electron chi connectivity index (χ2n) is 4.32. The number of nitrogens with zero attached hydrogens (tertiary/aromatic N) is 2. The Bertz CT molecular complexity index is 408. The van der Waals surface area contributed by atoms with Crippen LogP contribution in [0, 0.1) is 5.92 Å². The lowest BCUT2D eigenvalue weighted by atomic mass is 10.1. The van der Waals surface area contributed by atoms with Crippen molar-refractivity contribution in [3.8, 4) is 0 Å². The highest BCUT2D eigenvalue weighted by atomic mass is 16.5. The monoisotopic (exact) mass is 235 g/mol. The number of nitrogens with two attached hydrogens (primary N) is 1. The van der Waals surface area contributed by atoms with Gasteiger partial charge >= 0.3 is 5.97 Å². The van der Waals surface area contributed by atoms with Gasteiger partial charge in [-0.2, -0.15) is 0 Å². The molecule has 1 aromatic rings. The van der Waals surface area contributed by atoms with Crippen molar-refractivity contribution in [2.24, 2.45) is 5.92 Å². The minimum atomic E-state index is -0.118. The molecule has 0 aromatic carbocycles. The Morgan fingerprint density at radius 2 is 2.53 bits per heavy atom. The maximum atomic E-state index is 11.4. The van der Waals surface area contributed by atoms with Gasteiger partial charge in [0.25, 0.3) is 0 Å². The van der Waals surface area contributed by atoms with E-state index >= 15 is 0 Å². The van der Waals surface area contributed by atoms with Crippen LogP contribution in [0.1, 0.15) is 12.1 Å². The van der Waals surface area contributed by atoms with Crippen LogP contribution in [0.5, 0.6) is 0 Å². The Hall–Kier alpha value is -1.62. The molecule has 2 N–H and O–H groups in total. The molecule has 5 heteroatoms. The van der Waals surface area contributed by atoms with Crippen molar-refractivity contribution in [2.75, 3.05) is 25.9 Å². The van der Waals surface area contributed by atoms with Gasteiger partial charge in [-0.05, 0) is 25.1 Å². The predicted molar refractivity (Wildman–Crippen MR) is 64.0 cm³/mol. The minimum Gasteiger partial charge on any atom is -0.469 e. The smallest absolute Gasteiger partial charge is 0.310 e. The van der Waals surface area contributed by atoms with Crippen molar-refractivity contribution < 1.29 is 9.53 Å². The van der Waals surface area contributed by atoms with E-state index in [1.165, 1.54) is 7.11 Å². The van der Waals surface area contributed by atoms with Crippen LogP contribution >= 0.6 is 0 Å². The largest absolute Gasteiger partial charge is 0.469 e. The summed E-state index contributed by atoms with van der Waals surface area (Å²) in [5.41, 5.74) is 7.36. The number of aromatic nitrogens is 1. The Kier molecular flexibility index (Phi) is 3.58. The summed E-state index contributed by atoms with van der Waals surface area (Å²) in [6, 6.07) is 3.64. The number of hydrogen-bond donors (Lipinski definition) is 1. The fourth-order valence-corrected chi connectivity index (χ4v) is 2.15. The maximum absolute atomic E-state index is 11.4. The molecule has 92 valence electrons. The Morgan fingerprint density at radius 3 is 3.24 bits per heavy atom. The predicted octanol–water partition coefficient (Wildman–Crippen LogP) is 0.659. The number of hydrogen-bond acceptors (Lipinski definition) is 5. The molecule has 1 aromatic heterocycles. The molecule has 1 fully saturated rings. The first-order valence-electron chi connectivity index (χ1n) is 5.69. The maximum Gasteiger partial charge on any atom is 0.310 e. The highest BCUT2D eigenvalue weighted by molar-refractivity contribution is 5.72. The number of pyridine rings is 1. The summed E-state index contributed by atoms with van der Waals surface area (Å²) in [6.45, 7) is 2.37. The number of nitrogen functional groups attached to an aromatic ring is 1. The van der Waals surface area contributed by atoms with E-state index in [1.54, 1.807) is 12.3 Å². The summed E-state index contributed by atoms with van der Waals surface area (Å²) in [6.07, 6.45) is 2.56. The molecule has 1 unspecified atom stereocenters. The number of likely N-dealkylation sites (tertiary alicyclic amines) is 1. The average Bonchev–Trinajstić information content (AvgIpc) is 2.76. The van der Waals surface area contributed by atoms with Gasteiger partial charge in [-0.3, -0.25) is 14.7 Å². The van der Waals surface area contributed by atoms with Crippen LogP contribution in [0.4, 0.5) is 5.69 Å². The second-order valence-corrected chi connectivity index (χ2v) is 4.32. The number of carbonyl (C=O) groups excluding carboxylic acids is 1. The summed E-state index contributed by atoms with van der Waals surface area (Å²) in [7, 11) is 1.43. The first kappa shape index (κ1) is 11.9. The van der Waals surface area contributed by atoms with Gasteiger partial charge in [-0.15, -0.1) is 0 Å². The van der Waals surface area contributed by atoms with Gasteiger partial charge in [-0.25, -0.2) is 0 Å². The third-order valence-corrected chi connectivity index (χ3v) is 3.03. The van der Waals surface area contributed by atoms with Crippen molar-refractivity contribution in [2.45, 2.75) is 13.0 Å². The van der Waals surface area contributed by atoms with Gasteiger partial charge < -0.3 is 10.5 Å². The van der Waals surface area contributed by atoms with E-state index in [0.717, 1.165) is 37.4 Å². The third-order valence-electron chi connectivity index (χ3n) is 3.03. The van der Waals surface area contributed by atoms with Crippen molar-refractivity contribution in [1.82, 2.24) is 9.88 Å². The highest BCUT2D eigenvalue weighted by Crippen LogP contribution is 2.19. The quantitative estimate of drug-likeness (QED) is 0.779. The molecular formula is C12H17N3O2. The Morgan fingerprint density at radius 1 is 1.71 bits per heavy atom. The molecule has 5 nitrogen and oxygen atoms in total. The molecule has 0 spiro atoms.